The third-order valence-corrected chi connectivity index (χ3v) is 3.36. The maximum atomic E-state index is 12.1. The van der Waals surface area contributed by atoms with Crippen LogP contribution < -0.4 is 5.73 Å². The van der Waals surface area contributed by atoms with Crippen LogP contribution in [0.25, 0.3) is 0 Å². The molecule has 0 atom stereocenters. The van der Waals surface area contributed by atoms with Crippen molar-refractivity contribution in [1.82, 2.24) is 4.90 Å². The Kier molecular flexibility index (Phi) is 3.43. The predicted molar refractivity (Wildman–Crippen MR) is 67.4 cm³/mol. The molecule has 0 bridgehead atoms. The second kappa shape index (κ2) is 4.86. The van der Waals surface area contributed by atoms with Gasteiger partial charge in [0.25, 0.3) is 5.91 Å². The fourth-order valence-electron chi connectivity index (χ4n) is 2.31. The van der Waals surface area contributed by atoms with E-state index in [4.69, 9.17) is 5.73 Å². The van der Waals surface area contributed by atoms with E-state index in [2.05, 4.69) is 0 Å². The molecule has 2 rings (SSSR count). The molecule has 98 valence electrons. The van der Waals surface area contributed by atoms with Gasteiger partial charge in [-0.05, 0) is 37.0 Å². The van der Waals surface area contributed by atoms with E-state index in [-0.39, 0.29) is 29.0 Å². The standard InChI is InChI=1S/C13H18N2O3/c1-15(7-8-4-9(14)5-8)13(18)11-6-10(16)2-3-12(11)17/h2-3,6,8-9,16-17H,4-5,7,14H2,1H3. The Bertz CT molecular complexity index is 456. The van der Waals surface area contributed by atoms with Crippen molar-refractivity contribution < 1.29 is 15.0 Å². The molecule has 4 N–H and O–H groups in total. The highest BCUT2D eigenvalue weighted by Gasteiger charge is 2.28. The molecule has 5 heteroatoms. The molecule has 0 unspecified atom stereocenters. The van der Waals surface area contributed by atoms with E-state index in [0.717, 1.165) is 12.8 Å². The second-order valence-electron chi connectivity index (χ2n) is 4.98. The van der Waals surface area contributed by atoms with Crippen molar-refractivity contribution in [2.75, 3.05) is 13.6 Å². The van der Waals surface area contributed by atoms with E-state index >= 15 is 0 Å². The minimum Gasteiger partial charge on any atom is -0.508 e. The summed E-state index contributed by atoms with van der Waals surface area (Å²) in [4.78, 5) is 13.7. The van der Waals surface area contributed by atoms with Gasteiger partial charge in [-0.2, -0.15) is 0 Å². The van der Waals surface area contributed by atoms with Gasteiger partial charge in [-0.25, -0.2) is 0 Å². The van der Waals surface area contributed by atoms with Crippen LogP contribution >= 0.6 is 0 Å². The van der Waals surface area contributed by atoms with Gasteiger partial charge in [0.15, 0.2) is 0 Å². The van der Waals surface area contributed by atoms with Gasteiger partial charge in [-0.3, -0.25) is 4.79 Å². The molecule has 0 aromatic heterocycles. The first kappa shape index (κ1) is 12.7. The first-order valence-corrected chi connectivity index (χ1v) is 6.00. The van der Waals surface area contributed by atoms with E-state index in [1.54, 1.807) is 11.9 Å². The molecule has 18 heavy (non-hydrogen) atoms. The van der Waals surface area contributed by atoms with Crippen molar-refractivity contribution in [3.8, 4) is 11.5 Å². The zero-order chi connectivity index (χ0) is 13.3. The number of carbonyl (C=O) groups is 1. The van der Waals surface area contributed by atoms with E-state index in [0.29, 0.717) is 12.5 Å². The fraction of sp³-hybridized carbons (Fsp3) is 0.462. The largest absolute Gasteiger partial charge is 0.508 e. The third-order valence-electron chi connectivity index (χ3n) is 3.36. The van der Waals surface area contributed by atoms with E-state index in [9.17, 15) is 15.0 Å². The van der Waals surface area contributed by atoms with Crippen molar-refractivity contribution >= 4 is 5.91 Å². The first-order chi connectivity index (χ1) is 8.47. The summed E-state index contributed by atoms with van der Waals surface area (Å²) >= 11 is 0. The molecule has 1 aliphatic carbocycles. The molecule has 1 aliphatic rings. The molecular weight excluding hydrogens is 232 g/mol. The lowest BCUT2D eigenvalue weighted by atomic mass is 9.80. The number of phenolic OH excluding ortho intramolecular Hbond substituents is 2. The number of phenols is 2. The Morgan fingerprint density at radius 2 is 2.11 bits per heavy atom. The summed E-state index contributed by atoms with van der Waals surface area (Å²) in [6, 6.07) is 4.20. The van der Waals surface area contributed by atoms with Crippen LogP contribution in [0.3, 0.4) is 0 Å². The topological polar surface area (TPSA) is 86.8 Å². The highest BCUT2D eigenvalue weighted by atomic mass is 16.3. The van der Waals surface area contributed by atoms with Crippen LogP contribution in [-0.4, -0.2) is 40.7 Å². The van der Waals surface area contributed by atoms with Crippen LogP contribution in [0.5, 0.6) is 11.5 Å². The normalized spacial score (nSPS) is 22.3. The predicted octanol–water partition coefficient (Wildman–Crippen LogP) is 0.907. The monoisotopic (exact) mass is 250 g/mol. The summed E-state index contributed by atoms with van der Waals surface area (Å²) in [6.45, 7) is 0.627. The van der Waals surface area contributed by atoms with Gasteiger partial charge in [0.2, 0.25) is 0 Å². The number of rotatable bonds is 3. The summed E-state index contributed by atoms with van der Waals surface area (Å²) in [5.41, 5.74) is 5.83. The third kappa shape index (κ3) is 2.56. The number of benzene rings is 1. The number of hydrogen-bond donors (Lipinski definition) is 3. The van der Waals surface area contributed by atoms with Crippen molar-refractivity contribution in [3.63, 3.8) is 0 Å². The Morgan fingerprint density at radius 3 is 2.72 bits per heavy atom. The van der Waals surface area contributed by atoms with Gasteiger partial charge >= 0.3 is 0 Å². The van der Waals surface area contributed by atoms with Crippen LogP contribution in [0.2, 0.25) is 0 Å². The lowest BCUT2D eigenvalue weighted by molar-refractivity contribution is 0.0730. The zero-order valence-electron chi connectivity index (χ0n) is 10.3. The highest BCUT2D eigenvalue weighted by molar-refractivity contribution is 5.97. The summed E-state index contributed by atoms with van der Waals surface area (Å²) in [5.74, 6) is 0.00227. The molecule has 1 aromatic carbocycles. The average Bonchev–Trinajstić information content (AvgIpc) is 2.29. The zero-order valence-corrected chi connectivity index (χ0v) is 10.3. The molecule has 5 nitrogen and oxygen atoms in total. The lowest BCUT2D eigenvalue weighted by Gasteiger charge is -2.35. The Morgan fingerprint density at radius 1 is 1.44 bits per heavy atom. The van der Waals surface area contributed by atoms with E-state index in [1.807, 2.05) is 0 Å². The molecule has 0 spiro atoms. The molecule has 0 saturated heterocycles. The number of aromatic hydroxyl groups is 2. The molecule has 1 fully saturated rings. The molecule has 0 heterocycles. The van der Waals surface area contributed by atoms with Gasteiger partial charge in [0.1, 0.15) is 11.5 Å². The number of nitrogens with two attached hydrogens (primary N) is 1. The number of nitrogens with zero attached hydrogens (tertiary/aromatic N) is 1. The van der Waals surface area contributed by atoms with Gasteiger partial charge in [-0.1, -0.05) is 0 Å². The molecule has 1 saturated carbocycles. The van der Waals surface area contributed by atoms with Crippen LogP contribution in [0.1, 0.15) is 23.2 Å². The van der Waals surface area contributed by atoms with Gasteiger partial charge in [0.05, 0.1) is 5.56 Å². The van der Waals surface area contributed by atoms with Gasteiger partial charge < -0.3 is 20.8 Å². The SMILES string of the molecule is CN(CC1CC(N)C1)C(=O)c1cc(O)ccc1O. The average molecular weight is 250 g/mol. The van der Waals surface area contributed by atoms with Crippen molar-refractivity contribution in [2.45, 2.75) is 18.9 Å². The van der Waals surface area contributed by atoms with Crippen LogP contribution in [-0.2, 0) is 0 Å². The minimum absolute atomic E-state index is 0.0322. The van der Waals surface area contributed by atoms with Crippen LogP contribution in [0.15, 0.2) is 18.2 Å². The second-order valence-corrected chi connectivity index (χ2v) is 4.98. The molecular formula is C13H18N2O3. The molecule has 0 radical (unpaired) electrons. The van der Waals surface area contributed by atoms with Gasteiger partial charge in [-0.15, -0.1) is 0 Å². The van der Waals surface area contributed by atoms with Crippen molar-refractivity contribution in [3.05, 3.63) is 23.8 Å². The summed E-state index contributed by atoms with van der Waals surface area (Å²) in [6.07, 6.45) is 1.87. The van der Waals surface area contributed by atoms with E-state index in [1.165, 1.54) is 18.2 Å². The Labute approximate surface area is 106 Å². The summed E-state index contributed by atoms with van der Waals surface area (Å²) in [7, 11) is 1.69. The maximum Gasteiger partial charge on any atom is 0.257 e. The summed E-state index contributed by atoms with van der Waals surface area (Å²) < 4.78 is 0. The Hall–Kier alpha value is -1.75. The highest BCUT2D eigenvalue weighted by Crippen LogP contribution is 2.28. The molecule has 0 aliphatic heterocycles. The van der Waals surface area contributed by atoms with Gasteiger partial charge in [0, 0.05) is 19.6 Å². The first-order valence-electron chi connectivity index (χ1n) is 6.00. The van der Waals surface area contributed by atoms with Crippen LogP contribution in [0.4, 0.5) is 0 Å². The summed E-state index contributed by atoms with van der Waals surface area (Å²) in [5, 5.41) is 19.0. The smallest absolute Gasteiger partial charge is 0.257 e. The quantitative estimate of drug-likeness (QED) is 0.696. The molecule has 1 aromatic rings. The Balaban J connectivity index is 2.03. The fourth-order valence-corrected chi connectivity index (χ4v) is 2.31. The molecule has 1 amide bonds. The van der Waals surface area contributed by atoms with Crippen molar-refractivity contribution in [1.29, 1.82) is 0 Å². The van der Waals surface area contributed by atoms with E-state index < -0.39 is 0 Å². The number of hydrogen-bond acceptors (Lipinski definition) is 4. The maximum absolute atomic E-state index is 12.1. The lowest BCUT2D eigenvalue weighted by Crippen LogP contribution is -2.43. The van der Waals surface area contributed by atoms with Crippen molar-refractivity contribution in [2.24, 2.45) is 11.7 Å². The number of carbonyl (C=O) groups excluding carboxylic acids is 1. The minimum atomic E-state index is -0.288. The van der Waals surface area contributed by atoms with Crippen LogP contribution in [0, 0.1) is 5.92 Å². The number of amides is 1.